The highest BCUT2D eigenvalue weighted by atomic mass is 32.2. The monoisotopic (exact) mass is 408 g/mol. The maximum atomic E-state index is 12.5. The van der Waals surface area contributed by atoms with E-state index in [1.165, 1.54) is 18.7 Å². The van der Waals surface area contributed by atoms with Gasteiger partial charge in [0.1, 0.15) is 30.3 Å². The maximum Gasteiger partial charge on any atom is 0.352 e. The quantitative estimate of drug-likeness (QED) is 0.489. The number of nitrogens with zero attached hydrogens (tertiary/aromatic N) is 3. The SMILES string of the molecule is CC(=O)OCC1=C(C(=O)O)N2C(=O)C(NC(=O)Cn3nc(C)cc3C)C2SC1. The number of rotatable bonds is 6. The Labute approximate surface area is 164 Å². The second-order valence-electron chi connectivity index (χ2n) is 6.58. The fourth-order valence-corrected chi connectivity index (χ4v) is 4.50. The molecule has 11 heteroatoms. The Morgan fingerprint density at radius 2 is 2.11 bits per heavy atom. The lowest BCUT2D eigenvalue weighted by Crippen LogP contribution is -2.70. The summed E-state index contributed by atoms with van der Waals surface area (Å²) >= 11 is 1.32. The molecule has 1 fully saturated rings. The van der Waals surface area contributed by atoms with E-state index in [0.717, 1.165) is 16.3 Å². The number of ether oxygens (including phenoxy) is 1. The van der Waals surface area contributed by atoms with Crippen LogP contribution in [0.5, 0.6) is 0 Å². The topological polar surface area (TPSA) is 131 Å². The van der Waals surface area contributed by atoms with Crippen molar-refractivity contribution in [3.63, 3.8) is 0 Å². The van der Waals surface area contributed by atoms with Gasteiger partial charge in [0.15, 0.2) is 0 Å². The first kappa shape index (κ1) is 19.9. The van der Waals surface area contributed by atoms with E-state index in [9.17, 15) is 24.3 Å². The van der Waals surface area contributed by atoms with Crippen LogP contribution in [-0.4, -0.2) is 67.3 Å². The lowest BCUT2D eigenvalue weighted by Gasteiger charge is -2.49. The summed E-state index contributed by atoms with van der Waals surface area (Å²) in [6, 6.07) is 1.04. The lowest BCUT2D eigenvalue weighted by molar-refractivity contribution is -0.151. The van der Waals surface area contributed by atoms with Crippen molar-refractivity contribution >= 4 is 35.5 Å². The zero-order chi connectivity index (χ0) is 20.6. The lowest BCUT2D eigenvalue weighted by atomic mass is 10.0. The molecule has 3 rings (SSSR count). The minimum atomic E-state index is -1.27. The number of β-lactam (4-membered cyclic amide) rings is 1. The molecule has 1 aromatic rings. The number of carboxylic acids is 1. The molecule has 2 atom stereocenters. The van der Waals surface area contributed by atoms with Crippen molar-refractivity contribution in [3.05, 3.63) is 28.7 Å². The third-order valence-electron chi connectivity index (χ3n) is 4.41. The van der Waals surface area contributed by atoms with Crippen LogP contribution in [0.15, 0.2) is 17.3 Å². The standard InChI is InChI=1S/C17H20N4O6S/c1-8-4-9(2)20(19-8)5-12(23)18-13-15(24)21-14(17(25)26)11(6-27-10(3)22)7-28-16(13)21/h4,13,16H,5-7H2,1-3H3,(H,18,23)(H,25,26). The minimum Gasteiger partial charge on any atom is -0.477 e. The molecule has 0 spiro atoms. The number of fused-ring (bicyclic) bond motifs is 1. The van der Waals surface area contributed by atoms with Crippen LogP contribution in [0.1, 0.15) is 18.3 Å². The third kappa shape index (κ3) is 3.75. The average molecular weight is 408 g/mol. The predicted molar refractivity (Wildman–Crippen MR) is 98.0 cm³/mol. The molecule has 2 unspecified atom stereocenters. The van der Waals surface area contributed by atoms with Crippen LogP contribution in [0.25, 0.3) is 0 Å². The molecule has 0 aliphatic carbocycles. The first-order valence-corrected chi connectivity index (χ1v) is 9.57. The molecule has 2 aliphatic rings. The summed E-state index contributed by atoms with van der Waals surface area (Å²) in [7, 11) is 0. The number of amides is 2. The molecule has 28 heavy (non-hydrogen) atoms. The van der Waals surface area contributed by atoms with E-state index in [0.29, 0.717) is 5.57 Å². The van der Waals surface area contributed by atoms with Crippen LogP contribution in [0.3, 0.4) is 0 Å². The number of carbonyl (C=O) groups is 4. The maximum absolute atomic E-state index is 12.5. The van der Waals surface area contributed by atoms with Crippen molar-refractivity contribution < 1.29 is 29.0 Å². The van der Waals surface area contributed by atoms with Gasteiger partial charge in [0.2, 0.25) is 5.91 Å². The second kappa shape index (κ2) is 7.66. The van der Waals surface area contributed by atoms with Crippen LogP contribution in [0, 0.1) is 13.8 Å². The zero-order valence-corrected chi connectivity index (χ0v) is 16.4. The van der Waals surface area contributed by atoms with Crippen molar-refractivity contribution in [3.8, 4) is 0 Å². The van der Waals surface area contributed by atoms with Crippen molar-refractivity contribution in [2.45, 2.75) is 38.7 Å². The highest BCUT2D eigenvalue weighted by molar-refractivity contribution is 8.00. The summed E-state index contributed by atoms with van der Waals surface area (Å²) in [5.41, 5.74) is 1.78. The zero-order valence-electron chi connectivity index (χ0n) is 15.6. The average Bonchev–Trinajstić information content (AvgIpc) is 2.93. The van der Waals surface area contributed by atoms with E-state index >= 15 is 0 Å². The van der Waals surface area contributed by atoms with E-state index in [2.05, 4.69) is 10.4 Å². The molecule has 2 N–H and O–H groups in total. The van der Waals surface area contributed by atoms with Gasteiger partial charge < -0.3 is 15.2 Å². The number of thioether (sulfide) groups is 1. The Balaban J connectivity index is 1.69. The van der Waals surface area contributed by atoms with E-state index in [1.54, 1.807) is 4.68 Å². The van der Waals surface area contributed by atoms with Gasteiger partial charge in [-0.05, 0) is 19.9 Å². The molecule has 3 heterocycles. The highest BCUT2D eigenvalue weighted by Gasteiger charge is 2.54. The Bertz CT molecular complexity index is 892. The van der Waals surface area contributed by atoms with E-state index in [1.807, 2.05) is 19.9 Å². The normalized spacial score (nSPS) is 21.1. The number of aliphatic carboxylic acids is 1. The van der Waals surface area contributed by atoms with E-state index < -0.39 is 29.3 Å². The fraction of sp³-hybridized carbons (Fsp3) is 0.471. The van der Waals surface area contributed by atoms with Crippen molar-refractivity contribution in [1.82, 2.24) is 20.0 Å². The smallest absolute Gasteiger partial charge is 0.352 e. The molecular formula is C17H20N4O6S. The number of carbonyl (C=O) groups excluding carboxylic acids is 3. The molecule has 0 aromatic carbocycles. The minimum absolute atomic E-state index is 0.0276. The third-order valence-corrected chi connectivity index (χ3v) is 5.75. The highest BCUT2D eigenvalue weighted by Crippen LogP contribution is 2.40. The molecule has 1 saturated heterocycles. The van der Waals surface area contributed by atoms with Gasteiger partial charge in [-0.1, -0.05) is 0 Å². The number of carboxylic acid groups (broad SMARTS) is 1. The molecule has 10 nitrogen and oxygen atoms in total. The van der Waals surface area contributed by atoms with Gasteiger partial charge >= 0.3 is 11.9 Å². The molecule has 0 bridgehead atoms. The van der Waals surface area contributed by atoms with Gasteiger partial charge in [-0.2, -0.15) is 5.10 Å². The van der Waals surface area contributed by atoms with Crippen molar-refractivity contribution in [1.29, 1.82) is 0 Å². The molecule has 0 radical (unpaired) electrons. The summed E-state index contributed by atoms with van der Waals surface area (Å²) < 4.78 is 6.43. The Morgan fingerprint density at radius 3 is 2.68 bits per heavy atom. The predicted octanol–water partition coefficient (Wildman–Crippen LogP) is -0.198. The fourth-order valence-electron chi connectivity index (χ4n) is 3.17. The summed E-state index contributed by atoms with van der Waals surface area (Å²) in [5.74, 6) is -2.40. The largest absolute Gasteiger partial charge is 0.477 e. The first-order valence-electron chi connectivity index (χ1n) is 8.52. The number of esters is 1. The number of hydrogen-bond donors (Lipinski definition) is 2. The number of aromatic nitrogens is 2. The van der Waals surface area contributed by atoms with Crippen LogP contribution in [0.2, 0.25) is 0 Å². The molecular weight excluding hydrogens is 388 g/mol. The molecule has 2 aliphatic heterocycles. The number of nitrogens with one attached hydrogen (secondary N) is 1. The number of hydrogen-bond acceptors (Lipinski definition) is 7. The van der Waals surface area contributed by atoms with Crippen LogP contribution < -0.4 is 5.32 Å². The van der Waals surface area contributed by atoms with Gasteiger partial charge in [-0.3, -0.25) is 24.0 Å². The van der Waals surface area contributed by atoms with Gasteiger partial charge in [-0.25, -0.2) is 4.79 Å². The molecule has 1 aromatic heterocycles. The Morgan fingerprint density at radius 1 is 1.39 bits per heavy atom. The van der Waals surface area contributed by atoms with E-state index in [-0.39, 0.29) is 30.5 Å². The van der Waals surface area contributed by atoms with Gasteiger partial charge in [0, 0.05) is 23.9 Å². The summed E-state index contributed by atoms with van der Waals surface area (Å²) in [5, 5.41) is 15.9. The molecule has 150 valence electrons. The summed E-state index contributed by atoms with van der Waals surface area (Å²) in [6.07, 6.45) is 0. The second-order valence-corrected chi connectivity index (χ2v) is 7.68. The number of aryl methyl sites for hydroxylation is 2. The summed E-state index contributed by atoms with van der Waals surface area (Å²) in [4.78, 5) is 48.6. The van der Waals surface area contributed by atoms with Crippen molar-refractivity contribution in [2.24, 2.45) is 0 Å². The first-order chi connectivity index (χ1) is 13.2. The van der Waals surface area contributed by atoms with Gasteiger partial charge in [-0.15, -0.1) is 11.8 Å². The van der Waals surface area contributed by atoms with Crippen LogP contribution in [-0.2, 0) is 30.5 Å². The summed E-state index contributed by atoms with van der Waals surface area (Å²) in [6.45, 7) is 4.66. The Kier molecular flexibility index (Phi) is 5.45. The Hall–Kier alpha value is -2.82. The van der Waals surface area contributed by atoms with Gasteiger partial charge in [0.05, 0.1) is 5.69 Å². The van der Waals surface area contributed by atoms with Crippen molar-refractivity contribution in [2.75, 3.05) is 12.4 Å². The molecule has 2 amide bonds. The van der Waals surface area contributed by atoms with Crippen LogP contribution in [0.4, 0.5) is 0 Å². The molecule has 0 saturated carbocycles. The van der Waals surface area contributed by atoms with Crippen LogP contribution >= 0.6 is 11.8 Å². The van der Waals surface area contributed by atoms with Gasteiger partial charge in [0.25, 0.3) is 5.91 Å². The van der Waals surface area contributed by atoms with E-state index in [4.69, 9.17) is 4.74 Å².